The highest BCUT2D eigenvalue weighted by Crippen LogP contribution is 2.40. The fourth-order valence-electron chi connectivity index (χ4n) is 2.34. The maximum Gasteiger partial charge on any atom is 0.0342 e. The van der Waals surface area contributed by atoms with Gasteiger partial charge in [0.05, 0.1) is 0 Å². The molecular weight excluding hydrogens is 216 g/mol. The molecule has 0 aliphatic heterocycles. The van der Waals surface area contributed by atoms with Gasteiger partial charge in [-0.1, -0.05) is 12.8 Å². The SMILES string of the molecule is CSC1(CNc2ccc(N)cc2)CCCC1. The molecule has 16 heavy (non-hydrogen) atoms. The van der Waals surface area contributed by atoms with Gasteiger partial charge in [-0.05, 0) is 43.4 Å². The van der Waals surface area contributed by atoms with Crippen LogP contribution in [0.1, 0.15) is 25.7 Å². The zero-order valence-corrected chi connectivity index (χ0v) is 10.6. The van der Waals surface area contributed by atoms with Crippen molar-refractivity contribution in [1.82, 2.24) is 0 Å². The predicted molar refractivity (Wildman–Crippen MR) is 74.1 cm³/mol. The Balaban J connectivity index is 1.93. The van der Waals surface area contributed by atoms with Crippen molar-refractivity contribution in [2.45, 2.75) is 30.4 Å². The third-order valence-corrected chi connectivity index (χ3v) is 4.89. The number of hydrogen-bond donors (Lipinski definition) is 2. The molecule has 1 aliphatic rings. The summed E-state index contributed by atoms with van der Waals surface area (Å²) in [7, 11) is 0. The zero-order chi connectivity index (χ0) is 11.4. The molecule has 3 heteroatoms. The third kappa shape index (κ3) is 2.64. The standard InChI is InChI=1S/C13H20N2S/c1-16-13(8-2-3-9-13)10-15-12-6-4-11(14)5-7-12/h4-7,15H,2-3,8-10,14H2,1H3. The molecule has 2 rings (SSSR count). The van der Waals surface area contributed by atoms with Crippen molar-refractivity contribution in [1.29, 1.82) is 0 Å². The van der Waals surface area contributed by atoms with Crippen LogP contribution < -0.4 is 11.1 Å². The first-order valence-corrected chi connectivity index (χ1v) is 7.11. The average molecular weight is 236 g/mol. The van der Waals surface area contributed by atoms with Gasteiger partial charge in [-0.25, -0.2) is 0 Å². The number of hydrogen-bond acceptors (Lipinski definition) is 3. The Bertz CT molecular complexity index is 328. The summed E-state index contributed by atoms with van der Waals surface area (Å²) in [4.78, 5) is 0. The molecule has 0 spiro atoms. The van der Waals surface area contributed by atoms with Gasteiger partial charge < -0.3 is 11.1 Å². The van der Waals surface area contributed by atoms with Crippen LogP contribution in [0.15, 0.2) is 24.3 Å². The molecule has 0 bridgehead atoms. The highest BCUT2D eigenvalue weighted by Gasteiger charge is 2.32. The van der Waals surface area contributed by atoms with E-state index in [1.807, 2.05) is 23.9 Å². The van der Waals surface area contributed by atoms with Crippen LogP contribution in [0.2, 0.25) is 0 Å². The van der Waals surface area contributed by atoms with Crippen LogP contribution in [-0.2, 0) is 0 Å². The van der Waals surface area contributed by atoms with Gasteiger partial charge in [0, 0.05) is 22.7 Å². The molecule has 1 aliphatic carbocycles. The molecule has 0 unspecified atom stereocenters. The van der Waals surface area contributed by atoms with Crippen molar-refractivity contribution in [3.05, 3.63) is 24.3 Å². The van der Waals surface area contributed by atoms with E-state index in [-0.39, 0.29) is 0 Å². The molecule has 3 N–H and O–H groups in total. The highest BCUT2D eigenvalue weighted by molar-refractivity contribution is 8.00. The first-order chi connectivity index (χ1) is 7.74. The van der Waals surface area contributed by atoms with Crippen molar-refractivity contribution in [3.8, 4) is 0 Å². The molecule has 0 radical (unpaired) electrons. The number of thioether (sulfide) groups is 1. The van der Waals surface area contributed by atoms with Gasteiger partial charge in [0.25, 0.3) is 0 Å². The number of rotatable bonds is 4. The lowest BCUT2D eigenvalue weighted by molar-refractivity contribution is 0.640. The molecule has 0 heterocycles. The van der Waals surface area contributed by atoms with Gasteiger partial charge in [0.1, 0.15) is 0 Å². The van der Waals surface area contributed by atoms with E-state index in [0.717, 1.165) is 12.2 Å². The minimum atomic E-state index is 0.460. The molecule has 2 nitrogen and oxygen atoms in total. The molecule has 0 atom stereocenters. The summed E-state index contributed by atoms with van der Waals surface area (Å²) in [5, 5.41) is 3.53. The number of benzene rings is 1. The Morgan fingerprint density at radius 1 is 1.25 bits per heavy atom. The summed E-state index contributed by atoms with van der Waals surface area (Å²) in [6, 6.07) is 8.00. The van der Waals surface area contributed by atoms with Crippen molar-refractivity contribution in [2.75, 3.05) is 23.9 Å². The monoisotopic (exact) mass is 236 g/mol. The Morgan fingerprint density at radius 2 is 1.88 bits per heavy atom. The summed E-state index contributed by atoms with van der Waals surface area (Å²) < 4.78 is 0.460. The molecule has 0 saturated heterocycles. The minimum Gasteiger partial charge on any atom is -0.399 e. The van der Waals surface area contributed by atoms with Crippen molar-refractivity contribution in [2.24, 2.45) is 0 Å². The maximum atomic E-state index is 5.67. The van der Waals surface area contributed by atoms with Crippen LogP contribution >= 0.6 is 11.8 Å². The second-order valence-corrected chi connectivity index (χ2v) is 5.84. The largest absolute Gasteiger partial charge is 0.399 e. The van der Waals surface area contributed by atoms with Crippen molar-refractivity contribution < 1.29 is 0 Å². The molecule has 1 aromatic rings. The van der Waals surface area contributed by atoms with E-state index in [9.17, 15) is 0 Å². The lowest BCUT2D eigenvalue weighted by Crippen LogP contribution is -2.29. The van der Waals surface area contributed by atoms with Gasteiger partial charge in [-0.3, -0.25) is 0 Å². The third-order valence-electron chi connectivity index (χ3n) is 3.47. The first-order valence-electron chi connectivity index (χ1n) is 5.89. The van der Waals surface area contributed by atoms with Gasteiger partial charge in [0.15, 0.2) is 0 Å². The smallest absolute Gasteiger partial charge is 0.0342 e. The van der Waals surface area contributed by atoms with E-state index in [1.165, 1.54) is 31.4 Å². The number of anilines is 2. The van der Waals surface area contributed by atoms with Crippen LogP contribution in [0.3, 0.4) is 0 Å². The van der Waals surface area contributed by atoms with Crippen molar-refractivity contribution >= 4 is 23.1 Å². The van der Waals surface area contributed by atoms with Crippen LogP contribution in [0, 0.1) is 0 Å². The molecule has 1 saturated carbocycles. The summed E-state index contributed by atoms with van der Waals surface area (Å²) in [5.41, 5.74) is 7.67. The average Bonchev–Trinajstić information content (AvgIpc) is 2.78. The van der Waals surface area contributed by atoms with E-state index in [4.69, 9.17) is 5.73 Å². The first kappa shape index (κ1) is 11.6. The Kier molecular flexibility index (Phi) is 3.64. The van der Waals surface area contributed by atoms with Gasteiger partial charge in [-0.2, -0.15) is 11.8 Å². The minimum absolute atomic E-state index is 0.460. The summed E-state index contributed by atoms with van der Waals surface area (Å²) >= 11 is 2.02. The fraction of sp³-hybridized carbons (Fsp3) is 0.538. The molecule has 1 fully saturated rings. The number of nitrogens with two attached hydrogens (primary N) is 1. The predicted octanol–water partition coefficient (Wildman–Crippen LogP) is 3.36. The summed E-state index contributed by atoms with van der Waals surface area (Å²) in [5.74, 6) is 0. The van der Waals surface area contributed by atoms with Crippen molar-refractivity contribution in [3.63, 3.8) is 0 Å². The van der Waals surface area contributed by atoms with Crippen LogP contribution in [0.5, 0.6) is 0 Å². The molecule has 88 valence electrons. The van der Waals surface area contributed by atoms with Crippen LogP contribution in [-0.4, -0.2) is 17.5 Å². The second-order valence-electron chi connectivity index (χ2n) is 4.57. The normalized spacial score (nSPS) is 18.6. The Labute approximate surface area is 102 Å². The van der Waals surface area contributed by atoms with E-state index in [0.29, 0.717) is 4.75 Å². The maximum absolute atomic E-state index is 5.67. The van der Waals surface area contributed by atoms with Crippen LogP contribution in [0.25, 0.3) is 0 Å². The molecule has 1 aromatic carbocycles. The molecule has 0 aromatic heterocycles. The molecular formula is C13H20N2S. The van der Waals surface area contributed by atoms with Gasteiger partial charge in [-0.15, -0.1) is 0 Å². The van der Waals surface area contributed by atoms with Crippen LogP contribution in [0.4, 0.5) is 11.4 Å². The van der Waals surface area contributed by atoms with Gasteiger partial charge >= 0.3 is 0 Å². The summed E-state index contributed by atoms with van der Waals surface area (Å²) in [6.45, 7) is 1.07. The Hall–Kier alpha value is -0.830. The quantitative estimate of drug-likeness (QED) is 0.787. The van der Waals surface area contributed by atoms with Gasteiger partial charge in [0.2, 0.25) is 0 Å². The lowest BCUT2D eigenvalue weighted by Gasteiger charge is -2.27. The van der Waals surface area contributed by atoms with E-state index in [2.05, 4.69) is 23.7 Å². The lowest BCUT2D eigenvalue weighted by atomic mass is 10.1. The number of nitrogen functional groups attached to an aromatic ring is 1. The van der Waals surface area contributed by atoms with E-state index in [1.54, 1.807) is 0 Å². The topological polar surface area (TPSA) is 38.0 Å². The van der Waals surface area contributed by atoms with E-state index < -0.39 is 0 Å². The fourth-order valence-corrected chi connectivity index (χ4v) is 3.25. The zero-order valence-electron chi connectivity index (χ0n) is 9.83. The second kappa shape index (κ2) is 5.00. The highest BCUT2D eigenvalue weighted by atomic mass is 32.2. The molecule has 0 amide bonds. The van der Waals surface area contributed by atoms with E-state index >= 15 is 0 Å². The number of nitrogens with one attached hydrogen (secondary N) is 1. The summed E-state index contributed by atoms with van der Waals surface area (Å²) in [6.07, 6.45) is 7.68. The Morgan fingerprint density at radius 3 is 2.44 bits per heavy atom.